The molecule has 0 spiro atoms. The third-order valence-corrected chi connectivity index (χ3v) is 3.89. The van der Waals surface area contributed by atoms with E-state index in [0.717, 1.165) is 10.2 Å². The van der Waals surface area contributed by atoms with E-state index in [1.807, 2.05) is 24.3 Å². The third-order valence-electron chi connectivity index (χ3n) is 3.40. The molecule has 0 bridgehead atoms. The molecule has 0 aliphatic heterocycles. The fourth-order valence-electron chi connectivity index (χ4n) is 2.39. The molecule has 0 amide bonds. The second-order valence-electron chi connectivity index (χ2n) is 5.05. The summed E-state index contributed by atoms with van der Waals surface area (Å²) in [5.74, 6) is 1.38. The van der Waals surface area contributed by atoms with Gasteiger partial charge in [-0.05, 0) is 31.0 Å². The predicted octanol–water partition coefficient (Wildman–Crippen LogP) is 3.68. The maximum absolute atomic E-state index is 5.88. The van der Waals surface area contributed by atoms with Crippen molar-refractivity contribution in [3.05, 3.63) is 28.7 Å². The van der Waals surface area contributed by atoms with Gasteiger partial charge in [-0.3, -0.25) is 0 Å². The van der Waals surface area contributed by atoms with E-state index in [1.165, 1.54) is 32.1 Å². The molecule has 1 aromatic carbocycles. The first-order valence-electron chi connectivity index (χ1n) is 7.19. The topological polar surface area (TPSA) is 59.6 Å². The molecule has 1 aliphatic rings. The van der Waals surface area contributed by atoms with Gasteiger partial charge < -0.3 is 15.8 Å². The average Bonchev–Trinajstić information content (AvgIpc) is 2.45. The summed E-state index contributed by atoms with van der Waals surface area (Å²) in [5.41, 5.74) is 5.88. The highest BCUT2D eigenvalue weighted by Crippen LogP contribution is 2.18. The molecule has 1 aliphatic carbocycles. The van der Waals surface area contributed by atoms with Crippen LogP contribution in [0.25, 0.3) is 0 Å². The molecule has 0 atom stereocenters. The standard InChI is InChI=1S/C15H22BrN3O.HI/c16-12-5-4-8-14(11-12)20-10-9-18-15(17)19-13-6-2-1-3-7-13;/h4-5,8,11,13H,1-3,6-7,9-10H2,(H3,17,18,19);1H. The Morgan fingerprint density at radius 2 is 2.10 bits per heavy atom. The van der Waals surface area contributed by atoms with Crippen molar-refractivity contribution in [2.75, 3.05) is 13.2 Å². The van der Waals surface area contributed by atoms with Crippen LogP contribution in [0.5, 0.6) is 5.75 Å². The van der Waals surface area contributed by atoms with Gasteiger partial charge in [0.1, 0.15) is 12.4 Å². The molecular formula is C15H23BrIN3O. The van der Waals surface area contributed by atoms with Crippen molar-refractivity contribution in [2.24, 2.45) is 10.7 Å². The van der Waals surface area contributed by atoms with Gasteiger partial charge in [0.2, 0.25) is 0 Å². The molecule has 0 saturated heterocycles. The number of hydrogen-bond donors (Lipinski definition) is 2. The van der Waals surface area contributed by atoms with Crippen molar-refractivity contribution in [3.63, 3.8) is 0 Å². The Kier molecular flexibility index (Phi) is 9.07. The fraction of sp³-hybridized carbons (Fsp3) is 0.533. The van der Waals surface area contributed by atoms with Crippen LogP contribution in [-0.2, 0) is 0 Å². The highest BCUT2D eigenvalue weighted by atomic mass is 127. The molecule has 1 saturated carbocycles. The molecule has 0 aromatic heterocycles. The number of aliphatic imine (C=N–C) groups is 1. The Labute approximate surface area is 152 Å². The summed E-state index contributed by atoms with van der Waals surface area (Å²) in [4.78, 5) is 4.30. The second kappa shape index (κ2) is 10.3. The molecule has 0 unspecified atom stereocenters. The summed E-state index contributed by atoms with van der Waals surface area (Å²) < 4.78 is 6.62. The first kappa shape index (κ1) is 18.5. The summed E-state index contributed by atoms with van der Waals surface area (Å²) >= 11 is 3.41. The third kappa shape index (κ3) is 7.35. The van der Waals surface area contributed by atoms with E-state index < -0.39 is 0 Å². The number of ether oxygens (including phenoxy) is 1. The van der Waals surface area contributed by atoms with Gasteiger partial charge in [-0.1, -0.05) is 41.3 Å². The molecule has 4 nitrogen and oxygen atoms in total. The lowest BCUT2D eigenvalue weighted by Gasteiger charge is -2.23. The van der Waals surface area contributed by atoms with E-state index in [4.69, 9.17) is 10.5 Å². The average molecular weight is 468 g/mol. The molecule has 6 heteroatoms. The van der Waals surface area contributed by atoms with Crippen molar-refractivity contribution in [2.45, 2.75) is 38.1 Å². The molecule has 2 rings (SSSR count). The van der Waals surface area contributed by atoms with Gasteiger partial charge in [0, 0.05) is 10.5 Å². The minimum absolute atomic E-state index is 0. The summed E-state index contributed by atoms with van der Waals surface area (Å²) in [6, 6.07) is 8.28. The minimum atomic E-state index is 0. The SMILES string of the molecule is I.NC(=NCCOc1cccc(Br)c1)NC1CCCCC1. The van der Waals surface area contributed by atoms with Gasteiger partial charge in [0.15, 0.2) is 5.96 Å². The Morgan fingerprint density at radius 3 is 2.81 bits per heavy atom. The lowest BCUT2D eigenvalue weighted by atomic mass is 9.96. The van der Waals surface area contributed by atoms with E-state index in [9.17, 15) is 0 Å². The van der Waals surface area contributed by atoms with E-state index in [2.05, 4.69) is 26.2 Å². The second-order valence-corrected chi connectivity index (χ2v) is 5.97. The highest BCUT2D eigenvalue weighted by molar-refractivity contribution is 14.0. The van der Waals surface area contributed by atoms with Crippen LogP contribution in [0.4, 0.5) is 0 Å². The van der Waals surface area contributed by atoms with Crippen LogP contribution in [-0.4, -0.2) is 25.2 Å². The lowest BCUT2D eigenvalue weighted by molar-refractivity contribution is 0.328. The number of nitrogens with zero attached hydrogens (tertiary/aromatic N) is 1. The number of nitrogens with one attached hydrogen (secondary N) is 1. The smallest absolute Gasteiger partial charge is 0.188 e. The molecule has 3 N–H and O–H groups in total. The van der Waals surface area contributed by atoms with Crippen LogP contribution in [0, 0.1) is 0 Å². The van der Waals surface area contributed by atoms with Crippen LogP contribution < -0.4 is 15.8 Å². The molecule has 1 fully saturated rings. The number of hydrogen-bond acceptors (Lipinski definition) is 2. The van der Waals surface area contributed by atoms with Crippen molar-refractivity contribution in [1.29, 1.82) is 0 Å². The Morgan fingerprint density at radius 1 is 1.33 bits per heavy atom. The van der Waals surface area contributed by atoms with E-state index >= 15 is 0 Å². The first-order chi connectivity index (χ1) is 9.74. The number of benzene rings is 1. The van der Waals surface area contributed by atoms with Crippen molar-refractivity contribution >= 4 is 45.9 Å². The van der Waals surface area contributed by atoms with Gasteiger partial charge in [0.25, 0.3) is 0 Å². The molecule has 0 radical (unpaired) electrons. The maximum atomic E-state index is 5.88. The number of rotatable bonds is 5. The van der Waals surface area contributed by atoms with E-state index in [-0.39, 0.29) is 24.0 Å². The molecular weight excluding hydrogens is 445 g/mol. The number of halogens is 2. The quantitative estimate of drug-likeness (QED) is 0.300. The first-order valence-corrected chi connectivity index (χ1v) is 7.98. The van der Waals surface area contributed by atoms with Gasteiger partial charge in [0.05, 0.1) is 6.54 Å². The number of nitrogens with two attached hydrogens (primary N) is 1. The van der Waals surface area contributed by atoms with Crippen LogP contribution >= 0.6 is 39.9 Å². The predicted molar refractivity (Wildman–Crippen MR) is 102 cm³/mol. The Balaban J connectivity index is 0.00000220. The van der Waals surface area contributed by atoms with Crippen molar-refractivity contribution < 1.29 is 4.74 Å². The molecule has 118 valence electrons. The Hall–Kier alpha value is -0.500. The van der Waals surface area contributed by atoms with Gasteiger partial charge >= 0.3 is 0 Å². The van der Waals surface area contributed by atoms with Crippen LogP contribution in [0.15, 0.2) is 33.7 Å². The van der Waals surface area contributed by atoms with Crippen LogP contribution in [0.3, 0.4) is 0 Å². The largest absolute Gasteiger partial charge is 0.492 e. The zero-order chi connectivity index (χ0) is 14.2. The molecule has 0 heterocycles. The lowest BCUT2D eigenvalue weighted by Crippen LogP contribution is -2.41. The summed E-state index contributed by atoms with van der Waals surface area (Å²) in [7, 11) is 0. The molecule has 1 aromatic rings. The Bertz CT molecular complexity index is 450. The van der Waals surface area contributed by atoms with Crippen molar-refractivity contribution in [1.82, 2.24) is 5.32 Å². The van der Waals surface area contributed by atoms with Crippen molar-refractivity contribution in [3.8, 4) is 5.75 Å². The van der Waals surface area contributed by atoms with Crippen LogP contribution in [0.1, 0.15) is 32.1 Å². The van der Waals surface area contributed by atoms with E-state index in [0.29, 0.717) is 25.2 Å². The van der Waals surface area contributed by atoms with E-state index in [1.54, 1.807) is 0 Å². The van der Waals surface area contributed by atoms with Gasteiger partial charge in [-0.25, -0.2) is 4.99 Å². The van der Waals surface area contributed by atoms with Gasteiger partial charge in [-0.15, -0.1) is 24.0 Å². The normalized spacial score (nSPS) is 16.1. The minimum Gasteiger partial charge on any atom is -0.492 e. The monoisotopic (exact) mass is 467 g/mol. The van der Waals surface area contributed by atoms with Crippen LogP contribution in [0.2, 0.25) is 0 Å². The summed E-state index contributed by atoms with van der Waals surface area (Å²) in [6.07, 6.45) is 6.32. The highest BCUT2D eigenvalue weighted by Gasteiger charge is 2.12. The summed E-state index contributed by atoms with van der Waals surface area (Å²) in [5, 5.41) is 3.29. The zero-order valence-corrected chi connectivity index (χ0v) is 16.0. The molecule has 21 heavy (non-hydrogen) atoms. The van der Waals surface area contributed by atoms with Gasteiger partial charge in [-0.2, -0.15) is 0 Å². The zero-order valence-electron chi connectivity index (χ0n) is 12.1. The fourth-order valence-corrected chi connectivity index (χ4v) is 2.77. The number of guanidine groups is 1. The maximum Gasteiger partial charge on any atom is 0.188 e. The summed E-state index contributed by atoms with van der Waals surface area (Å²) in [6.45, 7) is 1.10.